The van der Waals surface area contributed by atoms with Crippen LogP contribution < -0.4 is 4.74 Å². The first-order valence-electron chi connectivity index (χ1n) is 4.15. The van der Waals surface area contributed by atoms with E-state index in [0.29, 0.717) is 5.75 Å². The molecule has 0 fully saturated rings. The third-order valence-electron chi connectivity index (χ3n) is 1.44. The molecule has 1 heterocycles. The van der Waals surface area contributed by atoms with Crippen molar-refractivity contribution in [3.8, 4) is 5.75 Å². The molecule has 0 N–H and O–H groups in total. The number of aryl methyl sites for hydroxylation is 1. The van der Waals surface area contributed by atoms with Crippen LogP contribution in [0.5, 0.6) is 5.75 Å². The van der Waals surface area contributed by atoms with Crippen molar-refractivity contribution >= 4 is 5.78 Å². The maximum absolute atomic E-state index is 10.6. The van der Waals surface area contributed by atoms with Gasteiger partial charge in [0.2, 0.25) is 0 Å². The van der Waals surface area contributed by atoms with Crippen LogP contribution in [0.1, 0.15) is 19.7 Å². The molecule has 1 aromatic heterocycles. The van der Waals surface area contributed by atoms with Gasteiger partial charge in [-0.2, -0.15) is 0 Å². The molecular weight excluding hydrogens is 168 g/mol. The largest absolute Gasteiger partial charge is 0.483 e. The van der Waals surface area contributed by atoms with Crippen LogP contribution >= 0.6 is 0 Å². The molecule has 0 atom stereocenters. The van der Waals surface area contributed by atoms with Gasteiger partial charge in [0.25, 0.3) is 0 Å². The molecule has 0 bridgehead atoms. The molecule has 13 heavy (non-hydrogen) atoms. The SMILES string of the molecule is CCc1ncc(OCC(C)=O)cn1. The zero-order valence-electron chi connectivity index (χ0n) is 7.78. The van der Waals surface area contributed by atoms with Crippen LogP contribution in [0.4, 0.5) is 0 Å². The van der Waals surface area contributed by atoms with E-state index in [4.69, 9.17) is 4.74 Å². The fraction of sp³-hybridized carbons (Fsp3) is 0.444. The minimum absolute atomic E-state index is 0.0143. The number of nitrogens with zero attached hydrogens (tertiary/aromatic N) is 2. The number of hydrogen-bond donors (Lipinski definition) is 0. The Labute approximate surface area is 77.0 Å². The van der Waals surface area contributed by atoms with Crippen molar-refractivity contribution in [1.82, 2.24) is 9.97 Å². The third kappa shape index (κ3) is 3.19. The minimum atomic E-state index is -0.0143. The molecule has 4 heteroatoms. The number of aromatic nitrogens is 2. The van der Waals surface area contributed by atoms with E-state index in [9.17, 15) is 4.79 Å². The number of ketones is 1. The lowest BCUT2D eigenvalue weighted by atomic mass is 10.4. The summed E-state index contributed by atoms with van der Waals surface area (Å²) in [5, 5.41) is 0. The molecule has 0 saturated heterocycles. The molecule has 0 aliphatic rings. The predicted molar refractivity (Wildman–Crippen MR) is 47.6 cm³/mol. The number of carbonyl (C=O) groups is 1. The molecule has 1 aromatic rings. The Bertz CT molecular complexity index is 282. The molecular formula is C9H12N2O2. The standard InChI is InChI=1S/C9H12N2O2/c1-3-9-10-4-8(5-11-9)13-6-7(2)12/h4-5H,3,6H2,1-2H3. The van der Waals surface area contributed by atoms with Crippen molar-refractivity contribution in [3.63, 3.8) is 0 Å². The Morgan fingerprint density at radius 3 is 2.54 bits per heavy atom. The van der Waals surface area contributed by atoms with E-state index in [1.165, 1.54) is 6.92 Å². The van der Waals surface area contributed by atoms with Gasteiger partial charge >= 0.3 is 0 Å². The van der Waals surface area contributed by atoms with E-state index in [-0.39, 0.29) is 12.4 Å². The van der Waals surface area contributed by atoms with Crippen molar-refractivity contribution < 1.29 is 9.53 Å². The van der Waals surface area contributed by atoms with E-state index in [2.05, 4.69) is 9.97 Å². The maximum Gasteiger partial charge on any atom is 0.167 e. The zero-order valence-corrected chi connectivity index (χ0v) is 7.78. The monoisotopic (exact) mass is 180 g/mol. The highest BCUT2D eigenvalue weighted by Gasteiger charge is 1.98. The zero-order chi connectivity index (χ0) is 9.68. The molecule has 0 unspecified atom stereocenters. The summed E-state index contributed by atoms with van der Waals surface area (Å²) >= 11 is 0. The first-order chi connectivity index (χ1) is 6.22. The fourth-order valence-electron chi connectivity index (χ4n) is 0.785. The topological polar surface area (TPSA) is 52.1 Å². The lowest BCUT2D eigenvalue weighted by Crippen LogP contribution is -2.07. The molecule has 0 radical (unpaired) electrons. The summed E-state index contributed by atoms with van der Waals surface area (Å²) in [6.45, 7) is 3.53. The molecule has 0 saturated carbocycles. The van der Waals surface area contributed by atoms with Gasteiger partial charge in [-0.15, -0.1) is 0 Å². The molecule has 4 nitrogen and oxygen atoms in total. The first-order valence-corrected chi connectivity index (χ1v) is 4.15. The van der Waals surface area contributed by atoms with Crippen LogP contribution in [0, 0.1) is 0 Å². The van der Waals surface area contributed by atoms with Crippen LogP contribution in [0.25, 0.3) is 0 Å². The van der Waals surface area contributed by atoms with Gasteiger partial charge in [-0.25, -0.2) is 9.97 Å². The average molecular weight is 180 g/mol. The molecule has 1 rings (SSSR count). The molecule has 0 amide bonds. The van der Waals surface area contributed by atoms with Crippen LogP contribution in [0.3, 0.4) is 0 Å². The Morgan fingerprint density at radius 1 is 1.46 bits per heavy atom. The van der Waals surface area contributed by atoms with E-state index in [1.54, 1.807) is 12.4 Å². The second kappa shape index (κ2) is 4.54. The average Bonchev–Trinajstić information content (AvgIpc) is 2.15. The number of ether oxygens (including phenoxy) is 1. The van der Waals surface area contributed by atoms with Crippen LogP contribution in [0.15, 0.2) is 12.4 Å². The number of Topliss-reactive ketones (excluding diaryl/α,β-unsaturated/α-hetero) is 1. The Hall–Kier alpha value is -1.45. The van der Waals surface area contributed by atoms with Gasteiger partial charge < -0.3 is 4.74 Å². The van der Waals surface area contributed by atoms with Gasteiger partial charge in [0.15, 0.2) is 11.5 Å². The van der Waals surface area contributed by atoms with Gasteiger partial charge in [0.1, 0.15) is 12.4 Å². The number of hydrogen-bond acceptors (Lipinski definition) is 4. The van der Waals surface area contributed by atoms with Crippen molar-refractivity contribution in [2.24, 2.45) is 0 Å². The normalized spacial score (nSPS) is 9.69. The Morgan fingerprint density at radius 2 is 2.08 bits per heavy atom. The summed E-state index contributed by atoms with van der Waals surface area (Å²) in [6, 6.07) is 0. The lowest BCUT2D eigenvalue weighted by Gasteiger charge is -2.02. The highest BCUT2D eigenvalue weighted by molar-refractivity contribution is 5.77. The van der Waals surface area contributed by atoms with E-state index >= 15 is 0 Å². The van der Waals surface area contributed by atoms with E-state index in [0.717, 1.165) is 12.2 Å². The minimum Gasteiger partial charge on any atom is -0.483 e. The molecule has 0 spiro atoms. The van der Waals surface area contributed by atoms with Crippen molar-refractivity contribution in [1.29, 1.82) is 0 Å². The van der Waals surface area contributed by atoms with Gasteiger partial charge in [-0.3, -0.25) is 4.79 Å². The van der Waals surface area contributed by atoms with Crippen molar-refractivity contribution in [2.45, 2.75) is 20.3 Å². The van der Waals surface area contributed by atoms with Crippen molar-refractivity contribution in [3.05, 3.63) is 18.2 Å². The fourth-order valence-corrected chi connectivity index (χ4v) is 0.785. The van der Waals surface area contributed by atoms with Gasteiger partial charge in [0.05, 0.1) is 12.4 Å². The van der Waals surface area contributed by atoms with Crippen LogP contribution in [-0.4, -0.2) is 22.4 Å². The lowest BCUT2D eigenvalue weighted by molar-refractivity contribution is -0.118. The van der Waals surface area contributed by atoms with Crippen LogP contribution in [0.2, 0.25) is 0 Å². The Kier molecular flexibility index (Phi) is 3.37. The number of rotatable bonds is 4. The quantitative estimate of drug-likeness (QED) is 0.693. The first kappa shape index (κ1) is 9.64. The second-order valence-electron chi connectivity index (χ2n) is 2.68. The number of carbonyl (C=O) groups excluding carboxylic acids is 1. The molecule has 70 valence electrons. The summed E-state index contributed by atoms with van der Waals surface area (Å²) in [5.74, 6) is 1.29. The summed E-state index contributed by atoms with van der Waals surface area (Å²) in [4.78, 5) is 18.6. The molecule has 0 aromatic carbocycles. The summed E-state index contributed by atoms with van der Waals surface area (Å²) in [7, 11) is 0. The van der Waals surface area contributed by atoms with E-state index in [1.807, 2.05) is 6.92 Å². The Balaban J connectivity index is 2.54. The van der Waals surface area contributed by atoms with E-state index < -0.39 is 0 Å². The second-order valence-corrected chi connectivity index (χ2v) is 2.68. The van der Waals surface area contributed by atoms with Crippen LogP contribution in [-0.2, 0) is 11.2 Å². The van der Waals surface area contributed by atoms with Gasteiger partial charge in [-0.05, 0) is 6.92 Å². The van der Waals surface area contributed by atoms with Crippen molar-refractivity contribution in [2.75, 3.05) is 6.61 Å². The highest BCUT2D eigenvalue weighted by atomic mass is 16.5. The van der Waals surface area contributed by atoms with Gasteiger partial charge in [-0.1, -0.05) is 6.92 Å². The molecule has 0 aliphatic carbocycles. The smallest absolute Gasteiger partial charge is 0.167 e. The third-order valence-corrected chi connectivity index (χ3v) is 1.44. The molecule has 0 aliphatic heterocycles. The highest BCUT2D eigenvalue weighted by Crippen LogP contribution is 2.05. The summed E-state index contributed by atoms with van der Waals surface area (Å²) < 4.78 is 5.09. The predicted octanol–water partition coefficient (Wildman–Crippen LogP) is 1.01. The van der Waals surface area contributed by atoms with Gasteiger partial charge in [0, 0.05) is 6.42 Å². The maximum atomic E-state index is 10.6. The summed E-state index contributed by atoms with van der Waals surface area (Å²) in [5.41, 5.74) is 0. The summed E-state index contributed by atoms with van der Waals surface area (Å²) in [6.07, 6.45) is 3.95.